The molecule has 0 spiro atoms. The number of hydrogen-bond donors (Lipinski definition) is 2. The number of carbonyl (C=O) groups excluding carboxylic acids is 1. The molecular formula is C10H20ClN3O. The first-order valence-electron chi connectivity index (χ1n) is 5.48. The zero-order chi connectivity index (χ0) is 9.97. The van der Waals surface area contributed by atoms with Crippen LogP contribution in [0.4, 0.5) is 0 Å². The lowest BCUT2D eigenvalue weighted by molar-refractivity contribution is -0.133. The highest BCUT2D eigenvalue weighted by atomic mass is 35.5. The first kappa shape index (κ1) is 12.7. The maximum absolute atomic E-state index is 12.0. The van der Waals surface area contributed by atoms with Crippen LogP contribution in [0, 0.1) is 5.92 Å². The van der Waals surface area contributed by atoms with E-state index in [1.807, 2.05) is 11.9 Å². The molecule has 0 bridgehead atoms. The Bertz CT molecular complexity index is 219. The second-order valence-electron chi connectivity index (χ2n) is 4.25. The fourth-order valence-corrected chi connectivity index (χ4v) is 2.32. The van der Waals surface area contributed by atoms with Crippen LogP contribution in [0.15, 0.2) is 0 Å². The van der Waals surface area contributed by atoms with E-state index in [4.69, 9.17) is 0 Å². The number of halogens is 1. The molecule has 0 saturated carbocycles. The summed E-state index contributed by atoms with van der Waals surface area (Å²) in [5.41, 5.74) is 0. The maximum atomic E-state index is 12.0. The molecule has 2 rings (SSSR count). The van der Waals surface area contributed by atoms with Crippen LogP contribution in [0.1, 0.15) is 12.8 Å². The van der Waals surface area contributed by atoms with Crippen molar-refractivity contribution in [1.29, 1.82) is 0 Å². The van der Waals surface area contributed by atoms with Crippen LogP contribution in [0.3, 0.4) is 0 Å². The SMILES string of the molecule is CNC1CCN(C(=O)C2CCNC2)C1.Cl. The summed E-state index contributed by atoms with van der Waals surface area (Å²) in [7, 11) is 1.97. The summed E-state index contributed by atoms with van der Waals surface area (Å²) in [5.74, 6) is 0.596. The van der Waals surface area contributed by atoms with Gasteiger partial charge in [0.1, 0.15) is 0 Å². The minimum absolute atomic E-state index is 0. The first-order valence-corrected chi connectivity index (χ1v) is 5.48. The van der Waals surface area contributed by atoms with Crippen LogP contribution in [-0.4, -0.2) is 50.1 Å². The smallest absolute Gasteiger partial charge is 0.227 e. The van der Waals surface area contributed by atoms with E-state index in [1.165, 1.54) is 0 Å². The van der Waals surface area contributed by atoms with Crippen LogP contribution >= 0.6 is 12.4 Å². The summed E-state index contributed by atoms with van der Waals surface area (Å²) >= 11 is 0. The van der Waals surface area contributed by atoms with Crippen LogP contribution in [0.25, 0.3) is 0 Å². The van der Waals surface area contributed by atoms with Gasteiger partial charge in [-0.1, -0.05) is 0 Å². The number of nitrogens with zero attached hydrogens (tertiary/aromatic N) is 1. The van der Waals surface area contributed by atoms with Gasteiger partial charge in [-0.15, -0.1) is 12.4 Å². The van der Waals surface area contributed by atoms with Gasteiger partial charge < -0.3 is 15.5 Å². The molecule has 2 heterocycles. The molecule has 2 saturated heterocycles. The van der Waals surface area contributed by atoms with Gasteiger partial charge >= 0.3 is 0 Å². The minimum atomic E-state index is 0. The largest absolute Gasteiger partial charge is 0.341 e. The Labute approximate surface area is 97.2 Å². The normalized spacial score (nSPS) is 30.3. The van der Waals surface area contributed by atoms with E-state index in [0.29, 0.717) is 11.9 Å². The molecule has 4 nitrogen and oxygen atoms in total. The highest BCUT2D eigenvalue weighted by Gasteiger charge is 2.31. The molecule has 88 valence electrons. The molecule has 2 fully saturated rings. The Morgan fingerprint density at radius 2 is 2.27 bits per heavy atom. The first-order chi connectivity index (χ1) is 6.81. The van der Waals surface area contributed by atoms with Gasteiger partial charge in [-0.25, -0.2) is 0 Å². The fourth-order valence-electron chi connectivity index (χ4n) is 2.32. The highest BCUT2D eigenvalue weighted by molar-refractivity contribution is 5.85. The zero-order valence-corrected chi connectivity index (χ0v) is 9.98. The molecule has 2 atom stereocenters. The lowest BCUT2D eigenvalue weighted by Crippen LogP contribution is -2.37. The predicted octanol–water partition coefficient (Wildman–Crippen LogP) is -0.162. The third-order valence-corrected chi connectivity index (χ3v) is 3.32. The van der Waals surface area contributed by atoms with Crippen molar-refractivity contribution in [2.24, 2.45) is 5.92 Å². The highest BCUT2D eigenvalue weighted by Crippen LogP contribution is 2.16. The van der Waals surface area contributed by atoms with Gasteiger partial charge in [-0.3, -0.25) is 4.79 Å². The fraction of sp³-hybridized carbons (Fsp3) is 0.900. The quantitative estimate of drug-likeness (QED) is 0.697. The van der Waals surface area contributed by atoms with Gasteiger partial charge in [0, 0.05) is 25.7 Å². The molecule has 2 aliphatic rings. The van der Waals surface area contributed by atoms with Gasteiger partial charge in [0.25, 0.3) is 0 Å². The molecule has 15 heavy (non-hydrogen) atoms. The average molecular weight is 234 g/mol. The van der Waals surface area contributed by atoms with Crippen molar-refractivity contribution in [3.63, 3.8) is 0 Å². The van der Waals surface area contributed by atoms with E-state index in [2.05, 4.69) is 10.6 Å². The topological polar surface area (TPSA) is 44.4 Å². The predicted molar refractivity (Wildman–Crippen MR) is 62.3 cm³/mol. The van der Waals surface area contributed by atoms with Crippen molar-refractivity contribution in [2.75, 3.05) is 33.2 Å². The number of likely N-dealkylation sites (tertiary alicyclic amines) is 1. The van der Waals surface area contributed by atoms with Gasteiger partial charge in [0.2, 0.25) is 5.91 Å². The molecule has 1 amide bonds. The van der Waals surface area contributed by atoms with E-state index in [1.54, 1.807) is 0 Å². The molecular weight excluding hydrogens is 214 g/mol. The van der Waals surface area contributed by atoms with Crippen molar-refractivity contribution < 1.29 is 4.79 Å². The van der Waals surface area contributed by atoms with E-state index < -0.39 is 0 Å². The van der Waals surface area contributed by atoms with Gasteiger partial charge in [0.05, 0.1) is 5.92 Å². The van der Waals surface area contributed by atoms with E-state index >= 15 is 0 Å². The summed E-state index contributed by atoms with van der Waals surface area (Å²) in [5, 5.41) is 6.47. The molecule has 5 heteroatoms. The Kier molecular flexibility index (Phi) is 4.83. The Hall–Kier alpha value is -0.320. The van der Waals surface area contributed by atoms with Crippen LogP contribution < -0.4 is 10.6 Å². The lowest BCUT2D eigenvalue weighted by Gasteiger charge is -2.19. The Balaban J connectivity index is 0.00000112. The molecule has 2 aliphatic heterocycles. The molecule has 0 radical (unpaired) electrons. The van der Waals surface area contributed by atoms with E-state index in [-0.39, 0.29) is 18.3 Å². The number of likely N-dealkylation sites (N-methyl/N-ethyl adjacent to an activating group) is 1. The van der Waals surface area contributed by atoms with Gasteiger partial charge in [-0.2, -0.15) is 0 Å². The van der Waals surface area contributed by atoms with Crippen molar-refractivity contribution >= 4 is 18.3 Å². The van der Waals surface area contributed by atoms with Crippen LogP contribution in [0.5, 0.6) is 0 Å². The third-order valence-electron chi connectivity index (χ3n) is 3.32. The van der Waals surface area contributed by atoms with Gasteiger partial charge in [-0.05, 0) is 26.4 Å². The van der Waals surface area contributed by atoms with Crippen LogP contribution in [0.2, 0.25) is 0 Å². The Morgan fingerprint density at radius 1 is 1.47 bits per heavy atom. The monoisotopic (exact) mass is 233 g/mol. The maximum Gasteiger partial charge on any atom is 0.227 e. The standard InChI is InChI=1S/C10H19N3O.ClH/c1-11-9-3-5-13(7-9)10(14)8-2-4-12-6-8;/h8-9,11-12H,2-7H2,1H3;1H. The second-order valence-corrected chi connectivity index (χ2v) is 4.25. The number of rotatable bonds is 2. The minimum Gasteiger partial charge on any atom is -0.341 e. The van der Waals surface area contributed by atoms with Crippen molar-refractivity contribution in [2.45, 2.75) is 18.9 Å². The zero-order valence-electron chi connectivity index (χ0n) is 9.16. The Morgan fingerprint density at radius 3 is 2.80 bits per heavy atom. The second kappa shape index (κ2) is 5.68. The molecule has 2 N–H and O–H groups in total. The number of amides is 1. The summed E-state index contributed by atoms with van der Waals surface area (Å²) < 4.78 is 0. The number of hydrogen-bond acceptors (Lipinski definition) is 3. The summed E-state index contributed by atoms with van der Waals surface area (Å²) in [6.45, 7) is 3.70. The number of carbonyl (C=O) groups is 1. The third kappa shape index (κ3) is 2.83. The van der Waals surface area contributed by atoms with Crippen molar-refractivity contribution in [3.8, 4) is 0 Å². The summed E-state index contributed by atoms with van der Waals surface area (Å²) in [4.78, 5) is 14.0. The summed E-state index contributed by atoms with van der Waals surface area (Å²) in [6, 6.07) is 0.508. The van der Waals surface area contributed by atoms with Crippen molar-refractivity contribution in [1.82, 2.24) is 15.5 Å². The summed E-state index contributed by atoms with van der Waals surface area (Å²) in [6.07, 6.45) is 2.11. The van der Waals surface area contributed by atoms with E-state index in [0.717, 1.165) is 39.0 Å². The molecule has 0 aromatic heterocycles. The average Bonchev–Trinajstić information content (AvgIpc) is 2.88. The lowest BCUT2D eigenvalue weighted by atomic mass is 10.1. The molecule has 0 aromatic rings. The molecule has 2 unspecified atom stereocenters. The van der Waals surface area contributed by atoms with Crippen LogP contribution in [-0.2, 0) is 4.79 Å². The van der Waals surface area contributed by atoms with Gasteiger partial charge in [0.15, 0.2) is 0 Å². The molecule has 0 aliphatic carbocycles. The van der Waals surface area contributed by atoms with Crippen molar-refractivity contribution in [3.05, 3.63) is 0 Å². The number of nitrogens with one attached hydrogen (secondary N) is 2. The van der Waals surface area contributed by atoms with E-state index in [9.17, 15) is 4.79 Å². The molecule has 0 aromatic carbocycles.